The van der Waals surface area contributed by atoms with Crippen LogP contribution in [0.5, 0.6) is 0 Å². The van der Waals surface area contributed by atoms with Crippen LogP contribution in [-0.4, -0.2) is 18.9 Å². The Kier molecular flexibility index (Phi) is 7.20. The summed E-state index contributed by atoms with van der Waals surface area (Å²) in [7, 11) is 0. The normalized spacial score (nSPS) is 11.8. The van der Waals surface area contributed by atoms with Crippen LogP contribution in [-0.2, 0) is 0 Å². The molecule has 0 amide bonds. The summed E-state index contributed by atoms with van der Waals surface area (Å²) in [6, 6.07) is 73.7. The van der Waals surface area contributed by atoms with Crippen LogP contribution in [0, 0.1) is 0 Å². The standard InChI is InChI=1S/C54H34N4/c1-3-15-35(16-4-1)37-19-13-21-39(31-37)46-34-47(40-22-14-20-38(32-40)36-17-5-2-6-18-36)56-54(55-46)58-49-28-12-10-26-44(49)53-45-33-52-43-25-8-7-23-41(43)42-24-9-11-27-48(42)57(52)50(45)29-30-51(53)58/h1-34H. The van der Waals surface area contributed by atoms with E-state index < -0.39 is 0 Å². The summed E-state index contributed by atoms with van der Waals surface area (Å²) in [4.78, 5) is 10.9. The van der Waals surface area contributed by atoms with Crippen LogP contribution >= 0.6 is 0 Å². The van der Waals surface area contributed by atoms with Gasteiger partial charge in [-0.05, 0) is 76.2 Å². The van der Waals surface area contributed by atoms with Crippen molar-refractivity contribution in [1.29, 1.82) is 0 Å². The molecule has 12 rings (SSSR count). The summed E-state index contributed by atoms with van der Waals surface area (Å²) in [5, 5.41) is 7.31. The zero-order valence-electron chi connectivity index (χ0n) is 31.4. The summed E-state index contributed by atoms with van der Waals surface area (Å²) < 4.78 is 4.70. The Morgan fingerprint density at radius 3 is 1.38 bits per heavy atom. The molecule has 270 valence electrons. The van der Waals surface area contributed by atoms with E-state index >= 15 is 0 Å². The highest BCUT2D eigenvalue weighted by Crippen LogP contribution is 2.41. The highest BCUT2D eigenvalue weighted by molar-refractivity contribution is 6.24. The van der Waals surface area contributed by atoms with Gasteiger partial charge in [-0.25, -0.2) is 9.97 Å². The summed E-state index contributed by atoms with van der Waals surface area (Å²) in [5.41, 5.74) is 14.1. The van der Waals surface area contributed by atoms with E-state index in [4.69, 9.17) is 9.97 Å². The third-order valence-electron chi connectivity index (χ3n) is 11.7. The molecule has 0 bridgehead atoms. The number of aromatic nitrogens is 4. The van der Waals surface area contributed by atoms with E-state index in [9.17, 15) is 0 Å². The molecule has 58 heavy (non-hydrogen) atoms. The van der Waals surface area contributed by atoms with Crippen molar-refractivity contribution in [2.75, 3.05) is 0 Å². The molecule has 0 saturated heterocycles. The van der Waals surface area contributed by atoms with Gasteiger partial charge in [0.05, 0.1) is 39.0 Å². The molecule has 4 heteroatoms. The minimum absolute atomic E-state index is 0.632. The highest BCUT2D eigenvalue weighted by atomic mass is 15.2. The first-order chi connectivity index (χ1) is 28.8. The quantitative estimate of drug-likeness (QED) is 0.165. The molecule has 8 aromatic carbocycles. The van der Waals surface area contributed by atoms with Crippen LogP contribution in [0.3, 0.4) is 0 Å². The van der Waals surface area contributed by atoms with Crippen molar-refractivity contribution >= 4 is 59.9 Å². The van der Waals surface area contributed by atoms with Crippen LogP contribution in [0.15, 0.2) is 206 Å². The lowest BCUT2D eigenvalue weighted by Gasteiger charge is -2.13. The minimum Gasteiger partial charge on any atom is -0.309 e. The molecule has 0 N–H and O–H groups in total. The lowest BCUT2D eigenvalue weighted by molar-refractivity contribution is 0.996. The Balaban J connectivity index is 1.14. The van der Waals surface area contributed by atoms with Gasteiger partial charge in [-0.1, -0.05) is 158 Å². The third kappa shape index (κ3) is 5.02. The number of hydrogen-bond donors (Lipinski definition) is 0. The van der Waals surface area contributed by atoms with Crippen molar-refractivity contribution in [2.24, 2.45) is 0 Å². The maximum absolute atomic E-state index is 5.44. The van der Waals surface area contributed by atoms with Gasteiger partial charge in [-0.15, -0.1) is 0 Å². The predicted molar refractivity (Wildman–Crippen MR) is 242 cm³/mol. The first-order valence-electron chi connectivity index (χ1n) is 19.7. The lowest BCUT2D eigenvalue weighted by atomic mass is 9.99. The second-order valence-electron chi connectivity index (χ2n) is 15.0. The smallest absolute Gasteiger partial charge is 0.235 e. The number of fused-ring (bicyclic) bond motifs is 12. The van der Waals surface area contributed by atoms with Crippen LogP contribution in [0.1, 0.15) is 0 Å². The molecule has 0 saturated carbocycles. The topological polar surface area (TPSA) is 35.1 Å². The number of para-hydroxylation sites is 2. The first-order valence-corrected chi connectivity index (χ1v) is 19.7. The van der Waals surface area contributed by atoms with Crippen LogP contribution in [0.4, 0.5) is 0 Å². The lowest BCUT2D eigenvalue weighted by Crippen LogP contribution is -2.04. The Bertz CT molecular complexity index is 3460. The molecule has 4 nitrogen and oxygen atoms in total. The molecule has 0 aliphatic heterocycles. The highest BCUT2D eigenvalue weighted by Gasteiger charge is 2.21. The minimum atomic E-state index is 0.632. The Labute approximate surface area is 334 Å². The number of benzene rings is 8. The molecule has 4 aromatic heterocycles. The second-order valence-corrected chi connectivity index (χ2v) is 15.0. The number of pyridine rings is 1. The fourth-order valence-electron chi connectivity index (χ4n) is 9.07. The zero-order valence-corrected chi connectivity index (χ0v) is 31.4. The van der Waals surface area contributed by atoms with Gasteiger partial charge in [-0.3, -0.25) is 4.57 Å². The van der Waals surface area contributed by atoms with Gasteiger partial charge in [0.2, 0.25) is 5.95 Å². The first kappa shape index (κ1) is 32.4. The Hall–Kier alpha value is -7.82. The van der Waals surface area contributed by atoms with Crippen molar-refractivity contribution in [3.8, 4) is 50.7 Å². The summed E-state index contributed by atoms with van der Waals surface area (Å²) >= 11 is 0. The largest absolute Gasteiger partial charge is 0.309 e. The third-order valence-corrected chi connectivity index (χ3v) is 11.7. The number of rotatable bonds is 5. The van der Waals surface area contributed by atoms with E-state index in [1.54, 1.807) is 0 Å². The van der Waals surface area contributed by atoms with Gasteiger partial charge in [0.15, 0.2) is 0 Å². The van der Waals surface area contributed by atoms with Crippen LogP contribution in [0.2, 0.25) is 0 Å². The SMILES string of the molecule is c1ccc(-c2cccc(-c3cc(-c4cccc(-c5ccccc5)c4)nc(-n4c5ccccc5c5c6cc7c8ccccc8c8ccccc8n7c6ccc54)n3)c2)cc1. The van der Waals surface area contributed by atoms with Gasteiger partial charge in [0, 0.05) is 38.1 Å². The zero-order chi connectivity index (χ0) is 38.2. The summed E-state index contributed by atoms with van der Waals surface area (Å²) in [6.07, 6.45) is 0. The molecule has 4 heterocycles. The van der Waals surface area contributed by atoms with E-state index in [-0.39, 0.29) is 0 Å². The summed E-state index contributed by atoms with van der Waals surface area (Å²) in [6.45, 7) is 0. The average molecular weight is 739 g/mol. The number of hydrogen-bond acceptors (Lipinski definition) is 2. The molecule has 0 aliphatic rings. The molecule has 12 aromatic rings. The van der Waals surface area contributed by atoms with Crippen molar-refractivity contribution in [3.05, 3.63) is 206 Å². The van der Waals surface area contributed by atoms with Gasteiger partial charge >= 0.3 is 0 Å². The molecule has 0 unspecified atom stereocenters. The maximum Gasteiger partial charge on any atom is 0.235 e. The van der Waals surface area contributed by atoms with Crippen molar-refractivity contribution in [1.82, 2.24) is 18.9 Å². The fraction of sp³-hybridized carbons (Fsp3) is 0. The maximum atomic E-state index is 5.44. The van der Waals surface area contributed by atoms with Gasteiger partial charge in [0.1, 0.15) is 0 Å². The molecule has 0 fully saturated rings. The predicted octanol–water partition coefficient (Wildman–Crippen LogP) is 14.0. The Morgan fingerprint density at radius 1 is 0.276 bits per heavy atom. The fourth-order valence-corrected chi connectivity index (χ4v) is 9.07. The monoisotopic (exact) mass is 738 g/mol. The van der Waals surface area contributed by atoms with E-state index in [2.05, 4.69) is 215 Å². The van der Waals surface area contributed by atoms with Gasteiger partial charge < -0.3 is 4.40 Å². The van der Waals surface area contributed by atoms with Crippen LogP contribution < -0.4 is 0 Å². The molecule has 0 spiro atoms. The molecule has 0 atom stereocenters. The van der Waals surface area contributed by atoms with E-state index in [0.717, 1.165) is 44.7 Å². The van der Waals surface area contributed by atoms with E-state index in [1.165, 1.54) is 60.0 Å². The van der Waals surface area contributed by atoms with Crippen molar-refractivity contribution in [2.45, 2.75) is 0 Å². The van der Waals surface area contributed by atoms with Crippen molar-refractivity contribution in [3.63, 3.8) is 0 Å². The van der Waals surface area contributed by atoms with Crippen LogP contribution in [0.25, 0.3) is 111 Å². The Morgan fingerprint density at radius 2 is 0.741 bits per heavy atom. The molecule has 0 radical (unpaired) electrons. The van der Waals surface area contributed by atoms with Crippen molar-refractivity contribution < 1.29 is 0 Å². The second kappa shape index (κ2) is 12.9. The van der Waals surface area contributed by atoms with Gasteiger partial charge in [0.25, 0.3) is 0 Å². The molecule has 0 aliphatic carbocycles. The van der Waals surface area contributed by atoms with E-state index in [1.807, 2.05) is 0 Å². The number of nitrogens with zero attached hydrogens (tertiary/aromatic N) is 4. The molecular weight excluding hydrogens is 705 g/mol. The average Bonchev–Trinajstić information content (AvgIpc) is 3.87. The molecular formula is C54H34N4. The van der Waals surface area contributed by atoms with Gasteiger partial charge in [-0.2, -0.15) is 0 Å². The summed E-state index contributed by atoms with van der Waals surface area (Å²) in [5.74, 6) is 0.632. The van der Waals surface area contributed by atoms with E-state index in [0.29, 0.717) is 5.95 Å².